The summed E-state index contributed by atoms with van der Waals surface area (Å²) < 4.78 is 0. The lowest BCUT2D eigenvalue weighted by Gasteiger charge is -2.28. The van der Waals surface area contributed by atoms with Crippen LogP contribution >= 0.6 is 0 Å². The molecule has 1 N–H and O–H groups in total. The van der Waals surface area contributed by atoms with Crippen LogP contribution in [0.15, 0.2) is 0 Å². The van der Waals surface area contributed by atoms with Crippen molar-refractivity contribution in [1.29, 1.82) is 0 Å². The molecule has 0 aromatic heterocycles. The molecule has 6 nitrogen and oxygen atoms in total. The number of imide groups is 1. The van der Waals surface area contributed by atoms with E-state index in [-0.39, 0.29) is 36.7 Å². The van der Waals surface area contributed by atoms with Gasteiger partial charge in [0.05, 0.1) is 18.9 Å². The molecule has 3 rings (SSSR count). The summed E-state index contributed by atoms with van der Waals surface area (Å²) in [7, 11) is 0. The highest BCUT2D eigenvalue weighted by molar-refractivity contribution is 6.06. The molecule has 0 aromatic rings. The summed E-state index contributed by atoms with van der Waals surface area (Å²) >= 11 is 0. The molecule has 0 spiro atoms. The SMILES string of the molecule is O=C(O)CC1CCCN1C1CC(=O)N(C2CC2)C1=O. The number of hydrogen-bond donors (Lipinski definition) is 1. The summed E-state index contributed by atoms with van der Waals surface area (Å²) in [5.74, 6) is -1.03. The minimum atomic E-state index is -0.840. The number of carbonyl (C=O) groups excluding carboxylic acids is 2. The van der Waals surface area contributed by atoms with Crippen LogP contribution in [0.4, 0.5) is 0 Å². The number of aliphatic carboxylic acids is 1. The number of rotatable bonds is 4. The molecule has 19 heavy (non-hydrogen) atoms. The highest BCUT2D eigenvalue weighted by Crippen LogP contribution is 2.35. The fourth-order valence-corrected chi connectivity index (χ4v) is 3.30. The molecule has 1 aliphatic carbocycles. The molecular weight excluding hydrogens is 248 g/mol. The van der Waals surface area contributed by atoms with Crippen molar-refractivity contribution >= 4 is 17.8 Å². The molecule has 104 valence electrons. The van der Waals surface area contributed by atoms with Crippen LogP contribution < -0.4 is 0 Å². The first kappa shape index (κ1) is 12.6. The summed E-state index contributed by atoms with van der Waals surface area (Å²) in [6.45, 7) is 0.722. The van der Waals surface area contributed by atoms with Gasteiger partial charge in [-0.3, -0.25) is 24.2 Å². The quantitative estimate of drug-likeness (QED) is 0.736. The fourth-order valence-electron chi connectivity index (χ4n) is 3.30. The monoisotopic (exact) mass is 266 g/mol. The van der Waals surface area contributed by atoms with E-state index in [2.05, 4.69) is 0 Å². The van der Waals surface area contributed by atoms with E-state index in [1.54, 1.807) is 0 Å². The lowest BCUT2D eigenvalue weighted by atomic mass is 10.1. The first-order valence-electron chi connectivity index (χ1n) is 6.91. The van der Waals surface area contributed by atoms with Crippen molar-refractivity contribution in [3.63, 3.8) is 0 Å². The van der Waals surface area contributed by atoms with Crippen LogP contribution in [-0.4, -0.2) is 57.4 Å². The summed E-state index contributed by atoms with van der Waals surface area (Å²) in [6.07, 6.45) is 3.82. The van der Waals surface area contributed by atoms with Crippen molar-refractivity contribution in [2.24, 2.45) is 0 Å². The van der Waals surface area contributed by atoms with Crippen molar-refractivity contribution in [3.8, 4) is 0 Å². The molecule has 2 unspecified atom stereocenters. The standard InChI is InChI=1S/C13H18N2O4/c16-11-7-10(13(19)15(11)8-3-4-8)14-5-1-2-9(14)6-12(17)18/h8-10H,1-7H2,(H,17,18). The van der Waals surface area contributed by atoms with Gasteiger partial charge in [0.15, 0.2) is 0 Å². The lowest BCUT2D eigenvalue weighted by molar-refractivity contribution is -0.142. The van der Waals surface area contributed by atoms with E-state index in [0.29, 0.717) is 0 Å². The van der Waals surface area contributed by atoms with Crippen molar-refractivity contribution in [2.45, 2.75) is 56.7 Å². The molecule has 2 atom stereocenters. The van der Waals surface area contributed by atoms with Gasteiger partial charge in [-0.15, -0.1) is 0 Å². The molecular formula is C13H18N2O4. The number of likely N-dealkylation sites (tertiary alicyclic amines) is 2. The summed E-state index contributed by atoms with van der Waals surface area (Å²) in [5.41, 5.74) is 0. The molecule has 2 aliphatic heterocycles. The number of carboxylic acid groups (broad SMARTS) is 1. The smallest absolute Gasteiger partial charge is 0.304 e. The number of hydrogen-bond acceptors (Lipinski definition) is 4. The second-order valence-corrected chi connectivity index (χ2v) is 5.68. The highest BCUT2D eigenvalue weighted by atomic mass is 16.4. The first-order valence-corrected chi connectivity index (χ1v) is 6.91. The van der Waals surface area contributed by atoms with Crippen LogP contribution in [-0.2, 0) is 14.4 Å². The van der Waals surface area contributed by atoms with E-state index in [1.807, 2.05) is 4.90 Å². The summed E-state index contributed by atoms with van der Waals surface area (Å²) in [6, 6.07) is -0.399. The van der Waals surface area contributed by atoms with Gasteiger partial charge in [-0.2, -0.15) is 0 Å². The molecule has 0 aromatic carbocycles. The van der Waals surface area contributed by atoms with Gasteiger partial charge in [0.1, 0.15) is 0 Å². The third-order valence-corrected chi connectivity index (χ3v) is 4.30. The van der Waals surface area contributed by atoms with E-state index in [0.717, 1.165) is 32.2 Å². The van der Waals surface area contributed by atoms with Gasteiger partial charge < -0.3 is 5.11 Å². The van der Waals surface area contributed by atoms with Crippen molar-refractivity contribution in [3.05, 3.63) is 0 Å². The Labute approximate surface area is 111 Å². The zero-order valence-electron chi connectivity index (χ0n) is 10.7. The number of carboxylic acids is 1. The Bertz CT molecular complexity index is 432. The normalized spacial score (nSPS) is 32.3. The van der Waals surface area contributed by atoms with Gasteiger partial charge >= 0.3 is 5.97 Å². The molecule has 3 aliphatic rings. The Morgan fingerprint density at radius 3 is 2.63 bits per heavy atom. The highest BCUT2D eigenvalue weighted by Gasteiger charge is 2.49. The number of carbonyl (C=O) groups is 3. The van der Waals surface area contributed by atoms with E-state index in [4.69, 9.17) is 5.11 Å². The Kier molecular flexibility index (Phi) is 3.05. The first-order chi connectivity index (χ1) is 9.08. The largest absolute Gasteiger partial charge is 0.481 e. The Hall–Kier alpha value is -1.43. The lowest BCUT2D eigenvalue weighted by Crippen LogP contribution is -2.45. The Morgan fingerprint density at radius 1 is 1.26 bits per heavy atom. The summed E-state index contributed by atoms with van der Waals surface area (Å²) in [4.78, 5) is 38.5. The summed E-state index contributed by atoms with van der Waals surface area (Å²) in [5, 5.41) is 8.91. The zero-order valence-corrected chi connectivity index (χ0v) is 10.7. The predicted octanol–water partition coefficient (Wildman–Crippen LogP) is 0.215. The van der Waals surface area contributed by atoms with Gasteiger partial charge in [-0.1, -0.05) is 0 Å². The maximum absolute atomic E-state index is 12.3. The minimum absolute atomic E-state index is 0.0569. The van der Waals surface area contributed by atoms with Gasteiger partial charge in [0, 0.05) is 12.1 Å². The molecule has 6 heteroatoms. The van der Waals surface area contributed by atoms with Crippen LogP contribution in [0.3, 0.4) is 0 Å². The average Bonchev–Trinajstić information content (AvgIpc) is 2.99. The van der Waals surface area contributed by atoms with Crippen molar-refractivity contribution < 1.29 is 19.5 Å². The number of amides is 2. The van der Waals surface area contributed by atoms with E-state index in [1.165, 1.54) is 4.90 Å². The van der Waals surface area contributed by atoms with E-state index < -0.39 is 12.0 Å². The topological polar surface area (TPSA) is 77.9 Å². The Balaban J connectivity index is 1.73. The van der Waals surface area contributed by atoms with Gasteiger partial charge in [0.2, 0.25) is 11.8 Å². The molecule has 3 fully saturated rings. The molecule has 2 heterocycles. The molecule has 1 saturated carbocycles. The van der Waals surface area contributed by atoms with Crippen LogP contribution in [0.5, 0.6) is 0 Å². The van der Waals surface area contributed by atoms with Gasteiger partial charge in [-0.25, -0.2) is 0 Å². The van der Waals surface area contributed by atoms with Crippen LogP contribution in [0.1, 0.15) is 38.5 Å². The minimum Gasteiger partial charge on any atom is -0.481 e. The third kappa shape index (κ3) is 2.25. The van der Waals surface area contributed by atoms with Crippen molar-refractivity contribution in [1.82, 2.24) is 9.80 Å². The molecule has 2 amide bonds. The Morgan fingerprint density at radius 2 is 2.00 bits per heavy atom. The maximum Gasteiger partial charge on any atom is 0.304 e. The average molecular weight is 266 g/mol. The second-order valence-electron chi connectivity index (χ2n) is 5.68. The third-order valence-electron chi connectivity index (χ3n) is 4.30. The molecule has 0 bridgehead atoms. The van der Waals surface area contributed by atoms with Crippen LogP contribution in [0, 0.1) is 0 Å². The van der Waals surface area contributed by atoms with Crippen LogP contribution in [0.25, 0.3) is 0 Å². The predicted molar refractivity (Wildman–Crippen MR) is 65.3 cm³/mol. The molecule has 2 saturated heterocycles. The van der Waals surface area contributed by atoms with Gasteiger partial charge in [-0.05, 0) is 32.2 Å². The number of nitrogens with zero attached hydrogens (tertiary/aromatic N) is 2. The van der Waals surface area contributed by atoms with E-state index >= 15 is 0 Å². The van der Waals surface area contributed by atoms with Crippen LogP contribution in [0.2, 0.25) is 0 Å². The zero-order chi connectivity index (χ0) is 13.6. The van der Waals surface area contributed by atoms with E-state index in [9.17, 15) is 14.4 Å². The fraction of sp³-hybridized carbons (Fsp3) is 0.769. The van der Waals surface area contributed by atoms with Gasteiger partial charge in [0.25, 0.3) is 0 Å². The maximum atomic E-state index is 12.3. The second kappa shape index (κ2) is 4.59. The van der Waals surface area contributed by atoms with Crippen molar-refractivity contribution in [2.75, 3.05) is 6.54 Å². The molecule has 0 radical (unpaired) electrons.